The third kappa shape index (κ3) is 3.97. The maximum Gasteiger partial charge on any atom is 0.167 e. The van der Waals surface area contributed by atoms with Crippen LogP contribution in [0.5, 0.6) is 5.75 Å². The van der Waals surface area contributed by atoms with Crippen LogP contribution in [0.2, 0.25) is 0 Å². The van der Waals surface area contributed by atoms with E-state index in [0.29, 0.717) is 0 Å². The largest absolute Gasteiger partial charge is 0.494 e. The Hall–Kier alpha value is -1.55. The number of rotatable bonds is 5. The maximum atomic E-state index is 13.6. The Morgan fingerprint density at radius 3 is 2.50 bits per heavy atom. The van der Waals surface area contributed by atoms with E-state index in [-0.39, 0.29) is 17.6 Å². The summed E-state index contributed by atoms with van der Waals surface area (Å²) in [4.78, 5) is 0. The normalized spacial score (nSPS) is 12.0. The molecule has 0 aromatic heterocycles. The molecule has 2 aromatic rings. The molecule has 0 saturated heterocycles. The summed E-state index contributed by atoms with van der Waals surface area (Å²) in [5.41, 5.74) is 2.00. The smallest absolute Gasteiger partial charge is 0.167 e. The number of halogens is 2. The van der Waals surface area contributed by atoms with Crippen molar-refractivity contribution in [1.82, 2.24) is 0 Å². The lowest BCUT2D eigenvalue weighted by Gasteiger charge is -2.16. The summed E-state index contributed by atoms with van der Waals surface area (Å²) in [5, 5.41) is 3.29. The summed E-state index contributed by atoms with van der Waals surface area (Å²) in [5.74, 6) is -0.0931. The molecule has 0 radical (unpaired) electrons. The van der Waals surface area contributed by atoms with E-state index in [2.05, 4.69) is 40.3 Å². The van der Waals surface area contributed by atoms with E-state index in [1.165, 1.54) is 18.7 Å². The minimum Gasteiger partial charge on any atom is -0.494 e. The van der Waals surface area contributed by atoms with Crippen LogP contribution in [-0.2, 0) is 6.42 Å². The highest BCUT2D eigenvalue weighted by Gasteiger charge is 2.07. The van der Waals surface area contributed by atoms with E-state index in [1.807, 2.05) is 18.2 Å². The summed E-state index contributed by atoms with van der Waals surface area (Å²) >= 11 is 3.42. The van der Waals surface area contributed by atoms with Crippen molar-refractivity contribution in [3.8, 4) is 5.75 Å². The van der Waals surface area contributed by atoms with Gasteiger partial charge in [0.15, 0.2) is 11.6 Å². The van der Waals surface area contributed by atoms with E-state index in [9.17, 15) is 4.39 Å². The molecule has 1 atom stereocenters. The van der Waals surface area contributed by atoms with Crippen molar-refractivity contribution in [2.45, 2.75) is 19.4 Å². The molecular weight excluding hydrogens is 321 g/mol. The molecule has 0 saturated carbocycles. The van der Waals surface area contributed by atoms with E-state index >= 15 is 0 Å². The average molecular weight is 338 g/mol. The summed E-state index contributed by atoms with van der Waals surface area (Å²) < 4.78 is 19.6. The predicted octanol–water partition coefficient (Wildman–Crippen LogP) is 4.64. The fraction of sp³-hybridized carbons (Fsp3) is 0.250. The van der Waals surface area contributed by atoms with Crippen LogP contribution in [-0.4, -0.2) is 13.2 Å². The molecule has 2 rings (SSSR count). The van der Waals surface area contributed by atoms with Crippen molar-refractivity contribution in [2.24, 2.45) is 0 Å². The first-order valence-corrected chi connectivity index (χ1v) is 7.22. The molecule has 1 unspecified atom stereocenters. The first kappa shape index (κ1) is 14.9. The Morgan fingerprint density at radius 1 is 1.20 bits per heavy atom. The lowest BCUT2D eigenvalue weighted by Crippen LogP contribution is -2.18. The minimum absolute atomic E-state index is 0.212. The van der Waals surface area contributed by atoms with Gasteiger partial charge in [-0.2, -0.15) is 0 Å². The summed E-state index contributed by atoms with van der Waals surface area (Å²) in [6, 6.07) is 13.3. The zero-order valence-electron chi connectivity index (χ0n) is 11.5. The Balaban J connectivity index is 1.99. The number of anilines is 1. The zero-order valence-corrected chi connectivity index (χ0v) is 13.1. The van der Waals surface area contributed by atoms with Gasteiger partial charge in [-0.15, -0.1) is 0 Å². The standard InChI is InChI=1S/C16H17BrFNO/c1-11(9-12-3-5-13(17)6-4-12)19-14-7-8-16(20-2)15(18)10-14/h3-8,10-11,19H,9H2,1-2H3. The second kappa shape index (κ2) is 6.75. The van der Waals surface area contributed by atoms with Crippen molar-refractivity contribution < 1.29 is 9.13 Å². The van der Waals surface area contributed by atoms with Crippen LogP contribution in [0.25, 0.3) is 0 Å². The highest BCUT2D eigenvalue weighted by atomic mass is 79.9. The highest BCUT2D eigenvalue weighted by molar-refractivity contribution is 9.10. The topological polar surface area (TPSA) is 21.3 Å². The van der Waals surface area contributed by atoms with Crippen LogP contribution in [0.15, 0.2) is 46.9 Å². The van der Waals surface area contributed by atoms with Crippen LogP contribution >= 0.6 is 15.9 Å². The van der Waals surface area contributed by atoms with E-state index in [4.69, 9.17) is 4.74 Å². The maximum absolute atomic E-state index is 13.6. The molecule has 0 fully saturated rings. The predicted molar refractivity (Wildman–Crippen MR) is 83.9 cm³/mol. The van der Waals surface area contributed by atoms with Crippen molar-refractivity contribution >= 4 is 21.6 Å². The number of nitrogens with one attached hydrogen (secondary N) is 1. The van der Waals surface area contributed by atoms with Gasteiger partial charge in [0.25, 0.3) is 0 Å². The number of benzene rings is 2. The Labute approximate surface area is 127 Å². The first-order chi connectivity index (χ1) is 9.58. The van der Waals surface area contributed by atoms with Crippen LogP contribution in [0, 0.1) is 5.82 Å². The third-order valence-electron chi connectivity index (χ3n) is 3.02. The number of hydrogen-bond donors (Lipinski definition) is 1. The van der Waals surface area contributed by atoms with E-state index in [1.54, 1.807) is 6.07 Å². The minimum atomic E-state index is -0.353. The molecule has 0 aliphatic carbocycles. The van der Waals surface area contributed by atoms with Gasteiger partial charge >= 0.3 is 0 Å². The molecule has 4 heteroatoms. The van der Waals surface area contributed by atoms with Crippen molar-refractivity contribution in [3.05, 3.63) is 58.3 Å². The molecule has 0 aliphatic rings. The van der Waals surface area contributed by atoms with Crippen molar-refractivity contribution in [1.29, 1.82) is 0 Å². The van der Waals surface area contributed by atoms with Crippen LogP contribution in [0.1, 0.15) is 12.5 Å². The van der Waals surface area contributed by atoms with Crippen LogP contribution in [0.4, 0.5) is 10.1 Å². The number of ether oxygens (including phenoxy) is 1. The molecule has 20 heavy (non-hydrogen) atoms. The van der Waals surface area contributed by atoms with Gasteiger partial charge in [-0.3, -0.25) is 0 Å². The molecule has 0 bridgehead atoms. The van der Waals surface area contributed by atoms with Gasteiger partial charge in [0.2, 0.25) is 0 Å². The quantitative estimate of drug-likeness (QED) is 0.858. The Morgan fingerprint density at radius 2 is 1.90 bits per heavy atom. The molecule has 0 spiro atoms. The molecule has 0 aliphatic heterocycles. The molecule has 0 heterocycles. The summed E-state index contributed by atoms with van der Waals surface area (Å²) in [7, 11) is 1.46. The van der Waals surface area contributed by atoms with Gasteiger partial charge in [0, 0.05) is 22.3 Å². The first-order valence-electron chi connectivity index (χ1n) is 6.43. The molecule has 0 amide bonds. The summed E-state index contributed by atoms with van der Waals surface area (Å²) in [6.07, 6.45) is 0.876. The number of hydrogen-bond acceptors (Lipinski definition) is 2. The monoisotopic (exact) mass is 337 g/mol. The fourth-order valence-corrected chi connectivity index (χ4v) is 2.33. The lowest BCUT2D eigenvalue weighted by molar-refractivity contribution is 0.386. The van der Waals surface area contributed by atoms with Crippen molar-refractivity contribution in [3.63, 3.8) is 0 Å². The van der Waals surface area contributed by atoms with Crippen LogP contribution in [0.3, 0.4) is 0 Å². The van der Waals surface area contributed by atoms with Gasteiger partial charge in [-0.05, 0) is 43.2 Å². The Bertz CT molecular complexity index is 571. The second-order valence-electron chi connectivity index (χ2n) is 4.73. The SMILES string of the molecule is COc1ccc(NC(C)Cc2ccc(Br)cc2)cc1F. The van der Waals surface area contributed by atoms with Crippen LogP contribution < -0.4 is 10.1 Å². The molecule has 106 valence electrons. The number of methoxy groups -OCH3 is 1. The van der Waals surface area contributed by atoms with Gasteiger partial charge in [-0.1, -0.05) is 28.1 Å². The van der Waals surface area contributed by atoms with Gasteiger partial charge < -0.3 is 10.1 Å². The Kier molecular flexibility index (Phi) is 5.01. The van der Waals surface area contributed by atoms with E-state index in [0.717, 1.165) is 16.6 Å². The lowest BCUT2D eigenvalue weighted by atomic mass is 10.1. The molecule has 1 N–H and O–H groups in total. The zero-order chi connectivity index (χ0) is 14.5. The van der Waals surface area contributed by atoms with Gasteiger partial charge in [0.05, 0.1) is 7.11 Å². The molecule has 2 aromatic carbocycles. The van der Waals surface area contributed by atoms with E-state index < -0.39 is 0 Å². The second-order valence-corrected chi connectivity index (χ2v) is 5.64. The van der Waals surface area contributed by atoms with Gasteiger partial charge in [-0.25, -0.2) is 4.39 Å². The molecule has 2 nitrogen and oxygen atoms in total. The summed E-state index contributed by atoms with van der Waals surface area (Å²) in [6.45, 7) is 2.07. The average Bonchev–Trinajstić information content (AvgIpc) is 2.41. The highest BCUT2D eigenvalue weighted by Crippen LogP contribution is 2.21. The fourth-order valence-electron chi connectivity index (χ4n) is 2.07. The van der Waals surface area contributed by atoms with Gasteiger partial charge in [0.1, 0.15) is 0 Å². The third-order valence-corrected chi connectivity index (χ3v) is 3.55. The van der Waals surface area contributed by atoms with Crippen molar-refractivity contribution in [2.75, 3.05) is 12.4 Å². The molecular formula is C16H17BrFNO.